The number of rotatable bonds is 6. The summed E-state index contributed by atoms with van der Waals surface area (Å²) in [5, 5.41) is 23.3. The molecule has 1 aromatic carbocycles. The standard InChI is InChI=1S/C16H21N7.HI/c1-3-15-22-21-12-23(15)9-8-19-16(18-2)20-11-14-6-4-13(10-17)5-7-14;/h4-7,12H,3,8-9,11H2,1-2H3,(H2,18,19,20);1H. The number of hydrogen-bond donors (Lipinski definition) is 2. The number of guanidine groups is 1. The fourth-order valence-corrected chi connectivity index (χ4v) is 2.14. The number of nitriles is 1. The van der Waals surface area contributed by atoms with Gasteiger partial charge in [-0.1, -0.05) is 19.1 Å². The fraction of sp³-hybridized carbons (Fsp3) is 0.375. The molecule has 2 rings (SSSR count). The molecule has 0 amide bonds. The molecule has 0 aliphatic carbocycles. The van der Waals surface area contributed by atoms with Crippen LogP contribution in [0.1, 0.15) is 23.9 Å². The van der Waals surface area contributed by atoms with E-state index in [1.54, 1.807) is 13.4 Å². The third kappa shape index (κ3) is 5.81. The van der Waals surface area contributed by atoms with Gasteiger partial charge in [0.15, 0.2) is 5.96 Å². The average molecular weight is 439 g/mol. The largest absolute Gasteiger partial charge is 0.355 e. The molecule has 1 aromatic heterocycles. The summed E-state index contributed by atoms with van der Waals surface area (Å²) in [5.41, 5.74) is 1.76. The monoisotopic (exact) mass is 439 g/mol. The van der Waals surface area contributed by atoms with Crippen molar-refractivity contribution in [2.24, 2.45) is 4.99 Å². The molecule has 0 unspecified atom stereocenters. The summed E-state index contributed by atoms with van der Waals surface area (Å²) in [6.45, 7) is 4.23. The lowest BCUT2D eigenvalue weighted by Crippen LogP contribution is -2.38. The van der Waals surface area contributed by atoms with Gasteiger partial charge < -0.3 is 15.2 Å². The van der Waals surface area contributed by atoms with E-state index >= 15 is 0 Å². The SMILES string of the molecule is CCc1nncn1CCNC(=NC)NCc1ccc(C#N)cc1.I. The van der Waals surface area contributed by atoms with Gasteiger partial charge in [0.05, 0.1) is 11.6 Å². The third-order valence-corrected chi connectivity index (χ3v) is 3.42. The van der Waals surface area contributed by atoms with Crippen molar-refractivity contribution < 1.29 is 0 Å². The Bertz CT molecular complexity index is 685. The van der Waals surface area contributed by atoms with E-state index in [1.807, 2.05) is 28.8 Å². The van der Waals surface area contributed by atoms with Crippen molar-refractivity contribution in [1.29, 1.82) is 5.26 Å². The molecule has 0 saturated heterocycles. The Kier molecular flexibility index (Phi) is 8.78. The normalized spacial score (nSPS) is 10.6. The van der Waals surface area contributed by atoms with Crippen molar-refractivity contribution in [3.8, 4) is 6.07 Å². The molecule has 0 aliphatic rings. The molecule has 128 valence electrons. The quantitative estimate of drug-likeness (QED) is 0.406. The lowest BCUT2D eigenvalue weighted by Gasteiger charge is -2.12. The van der Waals surface area contributed by atoms with Gasteiger partial charge in [-0.3, -0.25) is 4.99 Å². The van der Waals surface area contributed by atoms with Gasteiger partial charge >= 0.3 is 0 Å². The van der Waals surface area contributed by atoms with Crippen LogP contribution < -0.4 is 10.6 Å². The van der Waals surface area contributed by atoms with Crippen molar-refractivity contribution in [2.45, 2.75) is 26.4 Å². The zero-order chi connectivity index (χ0) is 16.5. The number of aryl methyl sites for hydroxylation is 1. The maximum absolute atomic E-state index is 8.79. The Morgan fingerprint density at radius 3 is 2.67 bits per heavy atom. The minimum atomic E-state index is 0. The van der Waals surface area contributed by atoms with Gasteiger partial charge in [-0.05, 0) is 17.7 Å². The van der Waals surface area contributed by atoms with Gasteiger partial charge in [0.1, 0.15) is 12.2 Å². The lowest BCUT2D eigenvalue weighted by atomic mass is 10.1. The number of aliphatic imine (C=N–C) groups is 1. The molecule has 7 nitrogen and oxygen atoms in total. The average Bonchev–Trinajstić information content (AvgIpc) is 3.05. The molecule has 2 N–H and O–H groups in total. The summed E-state index contributed by atoms with van der Waals surface area (Å²) >= 11 is 0. The van der Waals surface area contributed by atoms with Crippen LogP contribution in [-0.2, 0) is 19.5 Å². The zero-order valence-corrected chi connectivity index (χ0v) is 16.2. The summed E-state index contributed by atoms with van der Waals surface area (Å²) in [6, 6.07) is 9.60. The Balaban J connectivity index is 0.00000288. The molecule has 1 heterocycles. The van der Waals surface area contributed by atoms with Crippen LogP contribution in [0.25, 0.3) is 0 Å². The number of nitrogens with zero attached hydrogens (tertiary/aromatic N) is 5. The molecule has 0 atom stereocenters. The molecule has 0 spiro atoms. The fourth-order valence-electron chi connectivity index (χ4n) is 2.14. The van der Waals surface area contributed by atoms with Gasteiger partial charge in [-0.25, -0.2) is 0 Å². The third-order valence-electron chi connectivity index (χ3n) is 3.42. The first-order chi connectivity index (χ1) is 11.3. The zero-order valence-electron chi connectivity index (χ0n) is 13.9. The predicted molar refractivity (Wildman–Crippen MR) is 104 cm³/mol. The Labute approximate surface area is 159 Å². The van der Waals surface area contributed by atoms with Crippen molar-refractivity contribution in [3.05, 3.63) is 47.5 Å². The lowest BCUT2D eigenvalue weighted by molar-refractivity contribution is 0.632. The van der Waals surface area contributed by atoms with Crippen LogP contribution >= 0.6 is 24.0 Å². The maximum Gasteiger partial charge on any atom is 0.191 e. The highest BCUT2D eigenvalue weighted by molar-refractivity contribution is 14.0. The Morgan fingerprint density at radius 1 is 1.29 bits per heavy atom. The highest BCUT2D eigenvalue weighted by atomic mass is 127. The molecular formula is C16H22IN7. The highest BCUT2D eigenvalue weighted by Crippen LogP contribution is 2.02. The topological polar surface area (TPSA) is 90.9 Å². The van der Waals surface area contributed by atoms with Crippen molar-refractivity contribution in [1.82, 2.24) is 25.4 Å². The number of benzene rings is 1. The van der Waals surface area contributed by atoms with E-state index in [1.165, 1.54) is 0 Å². The molecular weight excluding hydrogens is 417 g/mol. The van der Waals surface area contributed by atoms with Gasteiger partial charge in [-0.2, -0.15) is 5.26 Å². The molecule has 8 heteroatoms. The molecule has 24 heavy (non-hydrogen) atoms. The molecule has 0 radical (unpaired) electrons. The maximum atomic E-state index is 8.79. The van der Waals surface area contributed by atoms with E-state index < -0.39 is 0 Å². The van der Waals surface area contributed by atoms with Crippen LogP contribution in [0.15, 0.2) is 35.6 Å². The van der Waals surface area contributed by atoms with Crippen LogP contribution in [0, 0.1) is 11.3 Å². The first kappa shape index (κ1) is 19.9. The number of aromatic nitrogens is 3. The minimum Gasteiger partial charge on any atom is -0.355 e. The second kappa shape index (κ2) is 10.6. The smallest absolute Gasteiger partial charge is 0.191 e. The summed E-state index contributed by atoms with van der Waals surface area (Å²) in [7, 11) is 1.74. The van der Waals surface area contributed by atoms with E-state index in [2.05, 4.69) is 38.8 Å². The van der Waals surface area contributed by atoms with Crippen LogP contribution in [0.2, 0.25) is 0 Å². The van der Waals surface area contributed by atoms with E-state index in [-0.39, 0.29) is 24.0 Å². The summed E-state index contributed by atoms with van der Waals surface area (Å²) in [4.78, 5) is 4.20. The molecule has 0 bridgehead atoms. The predicted octanol–water partition coefficient (Wildman–Crippen LogP) is 1.70. The highest BCUT2D eigenvalue weighted by Gasteiger charge is 2.02. The van der Waals surface area contributed by atoms with Gasteiger partial charge in [0, 0.05) is 33.1 Å². The number of hydrogen-bond acceptors (Lipinski definition) is 4. The second-order valence-corrected chi connectivity index (χ2v) is 4.96. The van der Waals surface area contributed by atoms with E-state index in [4.69, 9.17) is 5.26 Å². The first-order valence-electron chi connectivity index (χ1n) is 7.57. The summed E-state index contributed by atoms with van der Waals surface area (Å²) in [5.74, 6) is 1.72. The van der Waals surface area contributed by atoms with Gasteiger partial charge in [0.25, 0.3) is 0 Å². The first-order valence-corrected chi connectivity index (χ1v) is 7.57. The van der Waals surface area contributed by atoms with E-state index in [9.17, 15) is 0 Å². The molecule has 0 saturated carbocycles. The number of nitrogens with one attached hydrogen (secondary N) is 2. The van der Waals surface area contributed by atoms with Gasteiger partial charge in [0.2, 0.25) is 0 Å². The Hall–Kier alpha value is -2.15. The van der Waals surface area contributed by atoms with Crippen LogP contribution in [0.5, 0.6) is 0 Å². The van der Waals surface area contributed by atoms with Crippen molar-refractivity contribution in [3.63, 3.8) is 0 Å². The van der Waals surface area contributed by atoms with Crippen LogP contribution in [0.4, 0.5) is 0 Å². The Morgan fingerprint density at radius 2 is 2.04 bits per heavy atom. The number of halogens is 1. The van der Waals surface area contributed by atoms with E-state index in [0.29, 0.717) is 12.1 Å². The van der Waals surface area contributed by atoms with Gasteiger partial charge in [-0.15, -0.1) is 34.2 Å². The van der Waals surface area contributed by atoms with Crippen molar-refractivity contribution in [2.75, 3.05) is 13.6 Å². The minimum absolute atomic E-state index is 0. The molecule has 0 aliphatic heterocycles. The second-order valence-electron chi connectivity index (χ2n) is 4.96. The summed E-state index contributed by atoms with van der Waals surface area (Å²) in [6.07, 6.45) is 2.61. The summed E-state index contributed by atoms with van der Waals surface area (Å²) < 4.78 is 2.03. The van der Waals surface area contributed by atoms with Crippen LogP contribution in [-0.4, -0.2) is 34.3 Å². The van der Waals surface area contributed by atoms with E-state index in [0.717, 1.165) is 36.9 Å². The molecule has 2 aromatic rings. The van der Waals surface area contributed by atoms with Crippen LogP contribution in [0.3, 0.4) is 0 Å². The van der Waals surface area contributed by atoms with Crippen molar-refractivity contribution >= 4 is 29.9 Å². The molecule has 0 fully saturated rings.